The fourth-order valence-electron chi connectivity index (χ4n) is 3.47. The van der Waals surface area contributed by atoms with E-state index in [4.69, 9.17) is 4.98 Å². The van der Waals surface area contributed by atoms with Crippen molar-refractivity contribution in [2.24, 2.45) is 0 Å². The molecule has 2 N–H and O–H groups in total. The monoisotopic (exact) mass is 421 g/mol. The molecule has 28 heavy (non-hydrogen) atoms. The van der Waals surface area contributed by atoms with Crippen LogP contribution in [0.15, 0.2) is 42.6 Å². The van der Waals surface area contributed by atoms with Crippen molar-refractivity contribution in [3.05, 3.63) is 48.2 Å². The van der Waals surface area contributed by atoms with Crippen molar-refractivity contribution in [2.45, 2.75) is 32.4 Å². The number of hydrogen-bond acceptors (Lipinski definition) is 4. The number of rotatable bonds is 5. The Morgan fingerprint density at radius 1 is 1.29 bits per heavy atom. The molecule has 8 heteroatoms. The Balaban J connectivity index is 0.00000140. The van der Waals surface area contributed by atoms with E-state index in [1.54, 1.807) is 6.20 Å². The number of amides is 1. The van der Waals surface area contributed by atoms with Crippen molar-refractivity contribution in [1.29, 1.82) is 0 Å². The quantitative estimate of drug-likeness (QED) is 0.661. The second kappa shape index (κ2) is 9.87. The number of halogens is 2. The number of nitrogens with zero attached hydrogens (tertiary/aromatic N) is 3. The summed E-state index contributed by atoms with van der Waals surface area (Å²) in [7, 11) is 0. The number of nitrogens with one attached hydrogen (secondary N) is 2. The molecule has 3 heterocycles. The highest BCUT2D eigenvalue weighted by Gasteiger charge is 2.19. The van der Waals surface area contributed by atoms with Crippen LogP contribution in [0.25, 0.3) is 22.3 Å². The minimum absolute atomic E-state index is 0. The molecule has 1 aliphatic rings. The first kappa shape index (κ1) is 22.1. The van der Waals surface area contributed by atoms with E-state index in [-0.39, 0.29) is 30.7 Å². The van der Waals surface area contributed by atoms with Crippen molar-refractivity contribution in [3.8, 4) is 11.3 Å². The fraction of sp³-hybridized carbons (Fsp3) is 0.350. The Bertz CT molecular complexity index is 923. The van der Waals surface area contributed by atoms with Crippen LogP contribution in [0.1, 0.15) is 30.1 Å². The molecular formula is C20H25Cl2N5O. The molecule has 1 saturated heterocycles. The van der Waals surface area contributed by atoms with E-state index in [1.807, 2.05) is 48.0 Å². The number of carbonyl (C=O) groups excluding carboxylic acids is 1. The Hall–Kier alpha value is -2.15. The smallest absolute Gasteiger partial charge is 0.252 e. The average molecular weight is 422 g/mol. The van der Waals surface area contributed by atoms with Crippen LogP contribution in [-0.2, 0) is 6.54 Å². The Morgan fingerprint density at radius 3 is 2.75 bits per heavy atom. The molecule has 1 unspecified atom stereocenters. The molecule has 1 aliphatic heterocycles. The van der Waals surface area contributed by atoms with Crippen molar-refractivity contribution in [2.75, 3.05) is 13.1 Å². The molecule has 1 fully saturated rings. The number of pyridine rings is 1. The molecule has 0 bridgehead atoms. The number of aryl methyl sites for hydroxylation is 1. The van der Waals surface area contributed by atoms with Gasteiger partial charge in [-0.05, 0) is 32.4 Å². The van der Waals surface area contributed by atoms with E-state index in [1.165, 1.54) is 6.42 Å². The van der Waals surface area contributed by atoms with Crippen LogP contribution in [0.4, 0.5) is 0 Å². The zero-order chi connectivity index (χ0) is 17.9. The lowest BCUT2D eigenvalue weighted by atomic mass is 10.1. The lowest BCUT2D eigenvalue weighted by Gasteiger charge is -2.13. The highest BCUT2D eigenvalue weighted by Crippen LogP contribution is 2.25. The largest absolute Gasteiger partial charge is 0.350 e. The summed E-state index contributed by atoms with van der Waals surface area (Å²) in [6, 6.07) is 12.2. The van der Waals surface area contributed by atoms with Crippen molar-refractivity contribution >= 4 is 41.8 Å². The average Bonchev–Trinajstić information content (AvgIpc) is 3.35. The van der Waals surface area contributed by atoms with E-state index in [9.17, 15) is 4.79 Å². The molecule has 2 aromatic heterocycles. The lowest BCUT2D eigenvalue weighted by molar-refractivity contribution is 0.0952. The summed E-state index contributed by atoms with van der Waals surface area (Å²) >= 11 is 0. The second-order valence-electron chi connectivity index (χ2n) is 6.62. The maximum atomic E-state index is 12.9. The SMILES string of the molecule is CCn1ncc2c(C(=O)NCC3CCCN3)cc(-c3ccccc3)nc21.Cl.Cl. The molecule has 0 spiro atoms. The van der Waals surface area contributed by atoms with Crippen LogP contribution in [0.2, 0.25) is 0 Å². The first-order chi connectivity index (χ1) is 12.8. The van der Waals surface area contributed by atoms with Gasteiger partial charge in [0.1, 0.15) is 0 Å². The van der Waals surface area contributed by atoms with Gasteiger partial charge in [-0.3, -0.25) is 4.79 Å². The van der Waals surface area contributed by atoms with E-state index in [2.05, 4.69) is 15.7 Å². The van der Waals surface area contributed by atoms with Gasteiger partial charge in [0.15, 0.2) is 5.65 Å². The molecule has 1 atom stereocenters. The Labute approximate surface area is 176 Å². The van der Waals surface area contributed by atoms with Gasteiger partial charge in [0, 0.05) is 24.7 Å². The zero-order valence-electron chi connectivity index (χ0n) is 15.7. The summed E-state index contributed by atoms with van der Waals surface area (Å²) in [4.78, 5) is 17.7. The van der Waals surface area contributed by atoms with Gasteiger partial charge < -0.3 is 10.6 Å². The lowest BCUT2D eigenvalue weighted by Crippen LogP contribution is -2.37. The first-order valence-electron chi connectivity index (χ1n) is 9.20. The summed E-state index contributed by atoms with van der Waals surface area (Å²) in [5.41, 5.74) is 3.16. The predicted molar refractivity (Wildman–Crippen MR) is 116 cm³/mol. The summed E-state index contributed by atoms with van der Waals surface area (Å²) in [6.45, 7) is 4.41. The van der Waals surface area contributed by atoms with Crippen LogP contribution in [0.5, 0.6) is 0 Å². The van der Waals surface area contributed by atoms with Gasteiger partial charge in [0.2, 0.25) is 0 Å². The maximum Gasteiger partial charge on any atom is 0.252 e. The molecular weight excluding hydrogens is 397 g/mol. The number of carbonyl (C=O) groups is 1. The van der Waals surface area contributed by atoms with Gasteiger partial charge in [-0.25, -0.2) is 9.67 Å². The molecule has 6 nitrogen and oxygen atoms in total. The van der Waals surface area contributed by atoms with E-state index < -0.39 is 0 Å². The van der Waals surface area contributed by atoms with Gasteiger partial charge in [-0.1, -0.05) is 30.3 Å². The molecule has 0 saturated carbocycles. The van der Waals surface area contributed by atoms with E-state index in [0.29, 0.717) is 24.7 Å². The summed E-state index contributed by atoms with van der Waals surface area (Å²) in [5, 5.41) is 11.7. The van der Waals surface area contributed by atoms with Crippen molar-refractivity contribution < 1.29 is 4.79 Å². The summed E-state index contributed by atoms with van der Waals surface area (Å²) in [5.74, 6) is -0.0704. The first-order valence-corrected chi connectivity index (χ1v) is 9.20. The van der Waals surface area contributed by atoms with Gasteiger partial charge in [-0.2, -0.15) is 5.10 Å². The van der Waals surface area contributed by atoms with Crippen LogP contribution in [-0.4, -0.2) is 39.8 Å². The third-order valence-corrected chi connectivity index (χ3v) is 4.89. The number of benzene rings is 1. The topological polar surface area (TPSA) is 71.8 Å². The molecule has 0 radical (unpaired) electrons. The molecule has 150 valence electrons. The second-order valence-corrected chi connectivity index (χ2v) is 6.62. The van der Waals surface area contributed by atoms with Crippen molar-refractivity contribution in [3.63, 3.8) is 0 Å². The molecule has 3 aromatic rings. The molecule has 0 aliphatic carbocycles. The van der Waals surface area contributed by atoms with Gasteiger partial charge in [0.25, 0.3) is 5.91 Å². The fourth-order valence-corrected chi connectivity index (χ4v) is 3.47. The minimum atomic E-state index is -0.0704. The number of hydrogen-bond donors (Lipinski definition) is 2. The Morgan fingerprint density at radius 2 is 2.07 bits per heavy atom. The highest BCUT2D eigenvalue weighted by atomic mass is 35.5. The third kappa shape index (κ3) is 4.46. The molecule has 1 aromatic carbocycles. The molecule has 1 amide bonds. The van der Waals surface area contributed by atoms with Crippen LogP contribution < -0.4 is 10.6 Å². The minimum Gasteiger partial charge on any atom is -0.350 e. The summed E-state index contributed by atoms with van der Waals surface area (Å²) < 4.78 is 1.83. The highest BCUT2D eigenvalue weighted by molar-refractivity contribution is 6.06. The standard InChI is InChI=1S/C20H23N5O.2ClH/c1-2-25-19-17(13-23-25)16(20(26)22-12-15-9-6-10-21-15)11-18(24-19)14-7-4-3-5-8-14;;/h3-5,7-8,11,13,15,21H,2,6,9-10,12H2,1H3,(H,22,26);2*1H. The van der Waals surface area contributed by atoms with Gasteiger partial charge >= 0.3 is 0 Å². The van der Waals surface area contributed by atoms with Crippen molar-refractivity contribution in [1.82, 2.24) is 25.4 Å². The number of aromatic nitrogens is 3. The Kier molecular flexibility index (Phi) is 7.80. The molecule has 4 rings (SSSR count). The van der Waals surface area contributed by atoms with E-state index in [0.717, 1.165) is 35.3 Å². The number of fused-ring (bicyclic) bond motifs is 1. The predicted octanol–water partition coefficient (Wildman–Crippen LogP) is 3.44. The summed E-state index contributed by atoms with van der Waals surface area (Å²) in [6.07, 6.45) is 4.01. The van der Waals surface area contributed by atoms with Crippen LogP contribution >= 0.6 is 24.8 Å². The van der Waals surface area contributed by atoms with Gasteiger partial charge in [0.05, 0.1) is 22.8 Å². The van der Waals surface area contributed by atoms with Gasteiger partial charge in [-0.15, -0.1) is 24.8 Å². The third-order valence-electron chi connectivity index (χ3n) is 4.89. The maximum absolute atomic E-state index is 12.9. The normalized spacial score (nSPS) is 15.7. The van der Waals surface area contributed by atoms with Crippen LogP contribution in [0, 0.1) is 0 Å². The van der Waals surface area contributed by atoms with Crippen LogP contribution in [0.3, 0.4) is 0 Å². The van der Waals surface area contributed by atoms with E-state index >= 15 is 0 Å². The zero-order valence-corrected chi connectivity index (χ0v) is 17.4.